The average molecular weight is 336 g/mol. The lowest BCUT2D eigenvalue weighted by atomic mass is 10.0. The second-order valence-corrected chi connectivity index (χ2v) is 7.82. The molecule has 0 saturated carbocycles. The van der Waals surface area contributed by atoms with E-state index in [4.69, 9.17) is 6.58 Å². The number of allylic oxidation sites excluding steroid dienone is 1. The van der Waals surface area contributed by atoms with Gasteiger partial charge < -0.3 is 0 Å². The molecule has 0 aliphatic heterocycles. The number of rotatable bonds is 20. The van der Waals surface area contributed by atoms with Crippen molar-refractivity contribution in [2.45, 2.75) is 142 Å². The van der Waals surface area contributed by atoms with Crippen LogP contribution in [0.1, 0.15) is 142 Å². The van der Waals surface area contributed by atoms with Crippen LogP contribution < -0.4 is 0 Å². The summed E-state index contributed by atoms with van der Waals surface area (Å²) >= 11 is 0. The van der Waals surface area contributed by atoms with Crippen LogP contribution in [0.15, 0.2) is 5.57 Å². The molecule has 0 aromatic carbocycles. The topological polar surface area (TPSA) is 0 Å². The van der Waals surface area contributed by atoms with Crippen LogP contribution in [0.3, 0.4) is 0 Å². The van der Waals surface area contributed by atoms with Crippen LogP contribution in [-0.4, -0.2) is 0 Å². The SMILES string of the molecule is [CH]=C(CCCCC)CCCCCCCCCCCCCCCCC. The number of hydrogen-bond acceptors (Lipinski definition) is 0. The van der Waals surface area contributed by atoms with Gasteiger partial charge in [0.05, 0.1) is 0 Å². The fourth-order valence-electron chi connectivity index (χ4n) is 3.45. The molecule has 0 aromatic heterocycles. The van der Waals surface area contributed by atoms with E-state index in [9.17, 15) is 0 Å². The van der Waals surface area contributed by atoms with Gasteiger partial charge in [-0.1, -0.05) is 129 Å². The Labute approximate surface area is 154 Å². The summed E-state index contributed by atoms with van der Waals surface area (Å²) < 4.78 is 0. The molecule has 0 spiro atoms. The maximum absolute atomic E-state index is 6.09. The monoisotopic (exact) mass is 335 g/mol. The van der Waals surface area contributed by atoms with Crippen LogP contribution in [0.2, 0.25) is 0 Å². The first-order valence-corrected chi connectivity index (χ1v) is 11.4. The van der Waals surface area contributed by atoms with Crippen molar-refractivity contribution in [2.75, 3.05) is 0 Å². The second-order valence-electron chi connectivity index (χ2n) is 7.82. The standard InChI is InChI=1S/C24H47/c1-4-6-8-9-10-11-12-13-14-15-16-17-18-19-21-23-24(3)22-20-7-5-2/h3H,4-23H2,1-2H3. The van der Waals surface area contributed by atoms with Gasteiger partial charge in [-0.3, -0.25) is 0 Å². The van der Waals surface area contributed by atoms with Crippen LogP contribution in [0.25, 0.3) is 0 Å². The van der Waals surface area contributed by atoms with E-state index >= 15 is 0 Å². The predicted octanol–water partition coefficient (Wildman–Crippen LogP) is 9.19. The average Bonchev–Trinajstić information content (AvgIpc) is 2.58. The Balaban J connectivity index is 3.06. The van der Waals surface area contributed by atoms with Crippen molar-refractivity contribution >= 4 is 0 Å². The number of unbranched alkanes of at least 4 members (excludes halogenated alkanes) is 16. The van der Waals surface area contributed by atoms with Gasteiger partial charge in [-0.15, -0.1) is 0 Å². The van der Waals surface area contributed by atoms with Crippen molar-refractivity contribution in [2.24, 2.45) is 0 Å². The normalized spacial score (nSPS) is 11.1. The third-order valence-corrected chi connectivity index (χ3v) is 5.20. The number of hydrogen-bond donors (Lipinski definition) is 0. The molecule has 0 unspecified atom stereocenters. The molecule has 0 N–H and O–H groups in total. The van der Waals surface area contributed by atoms with Crippen LogP contribution >= 0.6 is 0 Å². The molecule has 24 heavy (non-hydrogen) atoms. The van der Waals surface area contributed by atoms with E-state index in [0.29, 0.717) is 0 Å². The molecule has 143 valence electrons. The Hall–Kier alpha value is -0.260. The van der Waals surface area contributed by atoms with Crippen molar-refractivity contribution in [1.82, 2.24) is 0 Å². The molecule has 1 radical (unpaired) electrons. The molecule has 0 saturated heterocycles. The van der Waals surface area contributed by atoms with Crippen LogP contribution in [0.5, 0.6) is 0 Å². The van der Waals surface area contributed by atoms with Crippen molar-refractivity contribution in [3.63, 3.8) is 0 Å². The maximum atomic E-state index is 6.09. The van der Waals surface area contributed by atoms with E-state index in [1.54, 1.807) is 0 Å². The molecule has 0 amide bonds. The first-order chi connectivity index (χ1) is 11.8. The Kier molecular flexibility index (Phi) is 20.6. The van der Waals surface area contributed by atoms with Crippen molar-refractivity contribution in [3.05, 3.63) is 12.2 Å². The van der Waals surface area contributed by atoms with Gasteiger partial charge >= 0.3 is 0 Å². The third kappa shape index (κ3) is 19.8. The minimum Gasteiger partial charge on any atom is -0.0702 e. The highest BCUT2D eigenvalue weighted by molar-refractivity contribution is 4.90. The molecule has 0 heteroatoms. The summed E-state index contributed by atoms with van der Waals surface area (Å²) in [6.45, 7) is 10.6. The molecule has 0 heterocycles. The van der Waals surface area contributed by atoms with Gasteiger partial charge in [0.15, 0.2) is 0 Å². The van der Waals surface area contributed by atoms with Gasteiger partial charge in [-0.05, 0) is 25.7 Å². The Morgan fingerprint density at radius 3 is 1.04 bits per heavy atom. The van der Waals surface area contributed by atoms with Crippen molar-refractivity contribution in [1.29, 1.82) is 0 Å². The zero-order valence-electron chi connectivity index (χ0n) is 17.2. The largest absolute Gasteiger partial charge is 0.0702 e. The lowest BCUT2D eigenvalue weighted by Crippen LogP contribution is -1.86. The van der Waals surface area contributed by atoms with Gasteiger partial charge in [0.25, 0.3) is 0 Å². The molecule has 0 aliphatic rings. The molecular formula is C24H47. The maximum Gasteiger partial charge on any atom is -0.0317 e. The predicted molar refractivity (Wildman–Crippen MR) is 112 cm³/mol. The van der Waals surface area contributed by atoms with Crippen molar-refractivity contribution in [3.8, 4) is 0 Å². The van der Waals surface area contributed by atoms with E-state index in [-0.39, 0.29) is 0 Å². The van der Waals surface area contributed by atoms with E-state index in [1.165, 1.54) is 128 Å². The molecule has 0 bridgehead atoms. The molecular weight excluding hydrogens is 288 g/mol. The summed E-state index contributed by atoms with van der Waals surface area (Å²) in [5, 5.41) is 0. The summed E-state index contributed by atoms with van der Waals surface area (Å²) in [6, 6.07) is 0. The second kappa shape index (κ2) is 20.8. The van der Waals surface area contributed by atoms with Crippen LogP contribution in [0, 0.1) is 6.58 Å². The summed E-state index contributed by atoms with van der Waals surface area (Å²) in [5.41, 5.74) is 1.25. The van der Waals surface area contributed by atoms with Gasteiger partial charge in [0, 0.05) is 0 Å². The highest BCUT2D eigenvalue weighted by atomic mass is 14.0. The first kappa shape index (κ1) is 23.7. The quantitative estimate of drug-likeness (QED) is 0.194. The Morgan fingerprint density at radius 1 is 0.417 bits per heavy atom. The van der Waals surface area contributed by atoms with E-state index in [1.807, 2.05) is 0 Å². The summed E-state index contributed by atoms with van der Waals surface area (Å²) in [4.78, 5) is 0. The van der Waals surface area contributed by atoms with Gasteiger partial charge in [0.1, 0.15) is 0 Å². The first-order valence-electron chi connectivity index (χ1n) is 11.4. The molecule has 0 fully saturated rings. The molecule has 0 atom stereocenters. The molecule has 0 aromatic rings. The Bertz CT molecular complexity index is 240. The fourth-order valence-corrected chi connectivity index (χ4v) is 3.45. The van der Waals surface area contributed by atoms with E-state index < -0.39 is 0 Å². The highest BCUT2D eigenvalue weighted by Gasteiger charge is 1.97. The van der Waals surface area contributed by atoms with Crippen molar-refractivity contribution < 1.29 is 0 Å². The molecule has 0 nitrogen and oxygen atoms in total. The van der Waals surface area contributed by atoms with Gasteiger partial charge in [0.2, 0.25) is 0 Å². The minimum absolute atomic E-state index is 1.16. The zero-order valence-corrected chi connectivity index (χ0v) is 17.2. The Morgan fingerprint density at radius 2 is 0.667 bits per heavy atom. The van der Waals surface area contributed by atoms with Crippen LogP contribution in [-0.2, 0) is 0 Å². The lowest BCUT2D eigenvalue weighted by Gasteiger charge is -2.05. The minimum atomic E-state index is 1.16. The molecule has 0 rings (SSSR count). The molecule has 0 aliphatic carbocycles. The van der Waals surface area contributed by atoms with Crippen LogP contribution in [0.4, 0.5) is 0 Å². The van der Waals surface area contributed by atoms with Gasteiger partial charge in [-0.2, -0.15) is 0 Å². The van der Waals surface area contributed by atoms with E-state index in [0.717, 1.165) is 6.42 Å². The lowest BCUT2D eigenvalue weighted by molar-refractivity contribution is 0.531. The zero-order chi connectivity index (χ0) is 17.7. The van der Waals surface area contributed by atoms with E-state index in [2.05, 4.69) is 13.8 Å². The highest BCUT2D eigenvalue weighted by Crippen LogP contribution is 2.16. The third-order valence-electron chi connectivity index (χ3n) is 5.20. The smallest absolute Gasteiger partial charge is 0.0317 e. The summed E-state index contributed by atoms with van der Waals surface area (Å²) in [5.74, 6) is 0. The fraction of sp³-hybridized carbons (Fsp3) is 0.917. The van der Waals surface area contributed by atoms with Gasteiger partial charge in [-0.25, -0.2) is 0 Å². The summed E-state index contributed by atoms with van der Waals surface area (Å²) in [6.07, 6.45) is 27.8. The summed E-state index contributed by atoms with van der Waals surface area (Å²) in [7, 11) is 0.